The minimum atomic E-state index is -1.43. The second kappa shape index (κ2) is 8.61. The van der Waals surface area contributed by atoms with E-state index in [0.29, 0.717) is 0 Å². The standard InChI is InChI=1S/C24H18O9/c1-31-9-17(25)19-21(27)13-5-3-11(7-15(13)23(19)29)33-12-4-6-14-16(8-12)24(30)20(22(14)28)18(26)10-32-2/h3-8,19-20H,9-10H2,1-2H3. The van der Waals surface area contributed by atoms with Crippen molar-refractivity contribution in [3.63, 3.8) is 0 Å². The zero-order chi connectivity index (χ0) is 23.9. The van der Waals surface area contributed by atoms with Gasteiger partial charge in [-0.15, -0.1) is 0 Å². The van der Waals surface area contributed by atoms with E-state index in [1.165, 1.54) is 50.6 Å². The fourth-order valence-corrected chi connectivity index (χ4v) is 4.04. The van der Waals surface area contributed by atoms with E-state index >= 15 is 0 Å². The van der Waals surface area contributed by atoms with Crippen LogP contribution in [0.4, 0.5) is 0 Å². The highest BCUT2D eigenvalue weighted by molar-refractivity contribution is 6.36. The molecule has 0 aromatic heterocycles. The van der Waals surface area contributed by atoms with E-state index in [4.69, 9.17) is 14.2 Å². The maximum atomic E-state index is 12.6. The van der Waals surface area contributed by atoms with Crippen molar-refractivity contribution in [1.29, 1.82) is 0 Å². The second-order valence-corrected chi connectivity index (χ2v) is 7.64. The van der Waals surface area contributed by atoms with Gasteiger partial charge in [0, 0.05) is 36.5 Å². The van der Waals surface area contributed by atoms with Crippen LogP contribution in [0.15, 0.2) is 36.4 Å². The molecule has 2 atom stereocenters. The predicted molar refractivity (Wildman–Crippen MR) is 111 cm³/mol. The van der Waals surface area contributed by atoms with Gasteiger partial charge in [0.15, 0.2) is 34.7 Å². The highest BCUT2D eigenvalue weighted by atomic mass is 16.5. The van der Waals surface area contributed by atoms with Gasteiger partial charge in [0.1, 0.15) is 36.5 Å². The molecule has 0 saturated heterocycles. The molecule has 0 saturated carbocycles. The highest BCUT2D eigenvalue weighted by Crippen LogP contribution is 2.35. The normalized spacial score (nSPS) is 19.0. The first-order valence-electron chi connectivity index (χ1n) is 9.94. The third-order valence-corrected chi connectivity index (χ3v) is 5.55. The number of benzene rings is 2. The first-order valence-corrected chi connectivity index (χ1v) is 9.94. The smallest absolute Gasteiger partial charge is 0.182 e. The van der Waals surface area contributed by atoms with Crippen LogP contribution in [0.2, 0.25) is 0 Å². The average Bonchev–Trinajstić information content (AvgIpc) is 3.18. The van der Waals surface area contributed by atoms with Crippen LogP contribution in [0, 0.1) is 11.8 Å². The van der Waals surface area contributed by atoms with Gasteiger partial charge >= 0.3 is 0 Å². The largest absolute Gasteiger partial charge is 0.457 e. The zero-order valence-electron chi connectivity index (χ0n) is 17.7. The summed E-state index contributed by atoms with van der Waals surface area (Å²) in [4.78, 5) is 74.4. The molecule has 4 rings (SSSR count). The van der Waals surface area contributed by atoms with Crippen molar-refractivity contribution in [2.45, 2.75) is 0 Å². The summed E-state index contributed by atoms with van der Waals surface area (Å²) < 4.78 is 15.2. The van der Waals surface area contributed by atoms with Gasteiger partial charge in [-0.3, -0.25) is 28.8 Å². The van der Waals surface area contributed by atoms with Gasteiger partial charge in [0.05, 0.1) is 0 Å². The van der Waals surface area contributed by atoms with Crippen molar-refractivity contribution in [2.75, 3.05) is 27.4 Å². The monoisotopic (exact) mass is 450 g/mol. The molecule has 2 aromatic carbocycles. The van der Waals surface area contributed by atoms with Crippen LogP contribution >= 0.6 is 0 Å². The molecular weight excluding hydrogens is 432 g/mol. The number of rotatable bonds is 8. The first kappa shape index (κ1) is 22.4. The van der Waals surface area contributed by atoms with Crippen LogP contribution in [0.1, 0.15) is 41.4 Å². The minimum Gasteiger partial charge on any atom is -0.457 e. The summed E-state index contributed by atoms with van der Waals surface area (Å²) in [6.07, 6.45) is 0. The van der Waals surface area contributed by atoms with E-state index < -0.39 is 46.5 Å². The summed E-state index contributed by atoms with van der Waals surface area (Å²) >= 11 is 0. The third kappa shape index (κ3) is 3.71. The Hall–Kier alpha value is -3.82. The molecule has 0 amide bonds. The van der Waals surface area contributed by atoms with E-state index in [0.717, 1.165) is 0 Å². The molecule has 0 radical (unpaired) electrons. The molecule has 2 aliphatic carbocycles. The molecule has 0 N–H and O–H groups in total. The lowest BCUT2D eigenvalue weighted by Gasteiger charge is -2.08. The molecule has 2 aromatic rings. The van der Waals surface area contributed by atoms with Gasteiger partial charge in [0.2, 0.25) is 0 Å². The number of hydrogen-bond donors (Lipinski definition) is 0. The van der Waals surface area contributed by atoms with Crippen LogP contribution in [0.25, 0.3) is 0 Å². The molecular formula is C24H18O9. The molecule has 0 fully saturated rings. The fraction of sp³-hybridized carbons (Fsp3) is 0.250. The lowest BCUT2D eigenvalue weighted by atomic mass is 9.99. The Labute approximate surface area is 187 Å². The molecule has 0 aliphatic heterocycles. The van der Waals surface area contributed by atoms with Crippen LogP contribution in [0.5, 0.6) is 11.5 Å². The molecule has 9 heteroatoms. The summed E-state index contributed by atoms with van der Waals surface area (Å²) in [5, 5.41) is 0. The van der Waals surface area contributed by atoms with E-state index in [1.807, 2.05) is 0 Å². The summed E-state index contributed by atoms with van der Waals surface area (Å²) in [6, 6.07) is 8.40. The van der Waals surface area contributed by atoms with Crippen LogP contribution in [0.3, 0.4) is 0 Å². The number of ether oxygens (including phenoxy) is 3. The lowest BCUT2D eigenvalue weighted by molar-refractivity contribution is -0.124. The maximum absolute atomic E-state index is 12.6. The molecule has 0 spiro atoms. The Kier molecular flexibility index (Phi) is 5.84. The van der Waals surface area contributed by atoms with Gasteiger partial charge in [-0.2, -0.15) is 0 Å². The van der Waals surface area contributed by atoms with Crippen LogP contribution in [-0.2, 0) is 19.1 Å². The van der Waals surface area contributed by atoms with Gasteiger partial charge in [-0.05, 0) is 36.4 Å². The number of Topliss-reactive ketones (excluding diaryl/α,β-unsaturated/α-hetero) is 6. The Morgan fingerprint density at radius 2 is 1.00 bits per heavy atom. The number of carbonyl (C=O) groups excluding carboxylic acids is 6. The summed E-state index contributed by atoms with van der Waals surface area (Å²) in [5.41, 5.74) is 0.362. The molecule has 0 heterocycles. The Balaban J connectivity index is 1.59. The second-order valence-electron chi connectivity index (χ2n) is 7.64. The minimum absolute atomic E-state index is 0.0598. The number of methoxy groups -OCH3 is 2. The van der Waals surface area contributed by atoms with Gasteiger partial charge in [-0.25, -0.2) is 0 Å². The topological polar surface area (TPSA) is 130 Å². The number of carbonyl (C=O) groups is 6. The van der Waals surface area contributed by atoms with Crippen LogP contribution < -0.4 is 4.74 Å². The van der Waals surface area contributed by atoms with Crippen molar-refractivity contribution >= 4 is 34.7 Å². The zero-order valence-corrected chi connectivity index (χ0v) is 17.7. The maximum Gasteiger partial charge on any atom is 0.182 e. The van der Waals surface area contributed by atoms with Crippen molar-refractivity contribution in [3.8, 4) is 11.5 Å². The molecule has 33 heavy (non-hydrogen) atoms. The van der Waals surface area contributed by atoms with Crippen molar-refractivity contribution in [2.24, 2.45) is 11.8 Å². The lowest BCUT2D eigenvalue weighted by Crippen LogP contribution is -2.28. The molecule has 168 valence electrons. The Morgan fingerprint density at radius 3 is 1.36 bits per heavy atom. The number of hydrogen-bond acceptors (Lipinski definition) is 9. The predicted octanol–water partition coefficient (Wildman–Crippen LogP) is 1.90. The molecule has 2 aliphatic rings. The van der Waals surface area contributed by atoms with Crippen molar-refractivity contribution < 1.29 is 43.0 Å². The summed E-state index contributed by atoms with van der Waals surface area (Å²) in [7, 11) is 2.59. The van der Waals surface area contributed by atoms with Gasteiger partial charge in [0.25, 0.3) is 0 Å². The average molecular weight is 450 g/mol. The summed E-state index contributed by atoms with van der Waals surface area (Å²) in [5.74, 6) is -6.14. The Bertz CT molecular complexity index is 1140. The quantitative estimate of drug-likeness (QED) is 0.554. The first-order chi connectivity index (χ1) is 15.8. The van der Waals surface area contributed by atoms with Crippen LogP contribution in [-0.4, -0.2) is 62.1 Å². The fourth-order valence-electron chi connectivity index (χ4n) is 4.04. The van der Waals surface area contributed by atoms with E-state index in [2.05, 4.69) is 0 Å². The van der Waals surface area contributed by atoms with E-state index in [-0.39, 0.29) is 47.0 Å². The summed E-state index contributed by atoms with van der Waals surface area (Å²) in [6.45, 7) is -0.704. The van der Waals surface area contributed by atoms with Crippen molar-refractivity contribution in [3.05, 3.63) is 58.7 Å². The Morgan fingerprint density at radius 1 is 0.636 bits per heavy atom. The number of ketones is 6. The van der Waals surface area contributed by atoms with Gasteiger partial charge in [-0.1, -0.05) is 0 Å². The van der Waals surface area contributed by atoms with E-state index in [1.54, 1.807) is 0 Å². The van der Waals surface area contributed by atoms with Crippen molar-refractivity contribution in [1.82, 2.24) is 0 Å². The molecule has 9 nitrogen and oxygen atoms in total. The molecule has 0 bridgehead atoms. The SMILES string of the molecule is COCC(=O)C1C(=O)c2ccc(Oc3ccc4c(c3)C(=O)C(C(=O)COC)C4=O)cc2C1=O. The van der Waals surface area contributed by atoms with E-state index in [9.17, 15) is 28.8 Å². The van der Waals surface area contributed by atoms with Gasteiger partial charge < -0.3 is 14.2 Å². The molecule has 2 unspecified atom stereocenters. The third-order valence-electron chi connectivity index (χ3n) is 5.55. The highest BCUT2D eigenvalue weighted by Gasteiger charge is 2.44. The number of fused-ring (bicyclic) bond motifs is 2.